The fourth-order valence-corrected chi connectivity index (χ4v) is 2.00. The Bertz CT molecular complexity index is 408. The first-order chi connectivity index (χ1) is 5.83. The van der Waals surface area contributed by atoms with E-state index in [0.29, 0.717) is 4.70 Å². The highest BCUT2D eigenvalue weighted by atomic mass is 32.1. The van der Waals surface area contributed by atoms with Gasteiger partial charge in [-0.05, 0) is 23.6 Å². The highest BCUT2D eigenvalue weighted by Crippen LogP contribution is 2.31. The molecule has 1 aromatic heterocycles. The summed E-state index contributed by atoms with van der Waals surface area (Å²) in [4.78, 5) is 0. The number of methoxy groups -OCH3 is 1. The normalized spacial score (nSPS) is 10.5. The van der Waals surface area contributed by atoms with Crippen LogP contribution in [0.25, 0.3) is 10.1 Å². The van der Waals surface area contributed by atoms with E-state index >= 15 is 0 Å². The third kappa shape index (κ3) is 0.975. The van der Waals surface area contributed by atoms with Crippen molar-refractivity contribution in [2.24, 2.45) is 0 Å². The van der Waals surface area contributed by atoms with E-state index in [2.05, 4.69) is 0 Å². The molecule has 1 heterocycles. The molecule has 0 saturated carbocycles. The Morgan fingerprint density at radius 1 is 1.33 bits per heavy atom. The van der Waals surface area contributed by atoms with Crippen molar-refractivity contribution in [2.45, 2.75) is 0 Å². The molecule has 2 aromatic rings. The quantitative estimate of drug-likeness (QED) is 0.658. The van der Waals surface area contributed by atoms with Gasteiger partial charge in [-0.15, -0.1) is 11.3 Å². The first-order valence-corrected chi connectivity index (χ1v) is 4.40. The van der Waals surface area contributed by atoms with E-state index in [4.69, 9.17) is 4.74 Å². The summed E-state index contributed by atoms with van der Waals surface area (Å²) in [6.07, 6.45) is 0. The Balaban J connectivity index is 2.82. The van der Waals surface area contributed by atoms with Gasteiger partial charge in [-0.25, -0.2) is 4.39 Å². The van der Waals surface area contributed by atoms with Crippen LogP contribution in [0.1, 0.15) is 0 Å². The molecule has 3 heteroatoms. The Hall–Kier alpha value is -1.09. The average molecular weight is 182 g/mol. The minimum absolute atomic E-state index is 0.180. The van der Waals surface area contributed by atoms with Crippen LogP contribution < -0.4 is 4.74 Å². The number of hydrogen-bond acceptors (Lipinski definition) is 2. The topological polar surface area (TPSA) is 9.23 Å². The summed E-state index contributed by atoms with van der Waals surface area (Å²) in [5, 5.41) is 2.71. The molecule has 62 valence electrons. The van der Waals surface area contributed by atoms with Crippen LogP contribution in [-0.2, 0) is 0 Å². The number of ether oxygens (including phenoxy) is 1. The number of rotatable bonds is 1. The van der Waals surface area contributed by atoms with Crippen molar-refractivity contribution in [1.29, 1.82) is 0 Å². The lowest BCUT2D eigenvalue weighted by atomic mass is 10.2. The zero-order valence-electron chi connectivity index (χ0n) is 6.50. The summed E-state index contributed by atoms with van der Waals surface area (Å²) in [5.41, 5.74) is 0. The number of thiophene rings is 1. The number of halogens is 1. The Kier molecular flexibility index (Phi) is 1.73. The lowest BCUT2D eigenvalue weighted by Crippen LogP contribution is -1.83. The van der Waals surface area contributed by atoms with E-state index in [1.165, 1.54) is 17.4 Å². The molecule has 0 aliphatic carbocycles. The molecule has 2 rings (SSSR count). The van der Waals surface area contributed by atoms with Gasteiger partial charge in [-0.1, -0.05) is 0 Å². The molecule has 0 amide bonds. The van der Waals surface area contributed by atoms with Crippen molar-refractivity contribution in [2.75, 3.05) is 7.11 Å². The standard InChI is InChI=1S/C9H7FOS/c1-11-8-3-2-7(10)9-6(8)4-5-12-9/h2-5H,1H3. The molecule has 12 heavy (non-hydrogen) atoms. The second-order valence-corrected chi connectivity index (χ2v) is 3.33. The second-order valence-electron chi connectivity index (χ2n) is 2.41. The van der Waals surface area contributed by atoms with Crippen molar-refractivity contribution in [3.63, 3.8) is 0 Å². The zero-order valence-corrected chi connectivity index (χ0v) is 7.32. The summed E-state index contributed by atoms with van der Waals surface area (Å²) in [6.45, 7) is 0. The van der Waals surface area contributed by atoms with Crippen LogP contribution in [0.5, 0.6) is 5.75 Å². The van der Waals surface area contributed by atoms with Gasteiger partial charge in [0.25, 0.3) is 0 Å². The lowest BCUT2D eigenvalue weighted by Gasteiger charge is -2.00. The van der Waals surface area contributed by atoms with Crippen molar-refractivity contribution in [1.82, 2.24) is 0 Å². The van der Waals surface area contributed by atoms with E-state index in [-0.39, 0.29) is 5.82 Å². The molecule has 0 N–H and O–H groups in total. The third-order valence-electron chi connectivity index (χ3n) is 1.75. The van der Waals surface area contributed by atoms with E-state index in [9.17, 15) is 4.39 Å². The molecule has 0 radical (unpaired) electrons. The summed E-state index contributed by atoms with van der Waals surface area (Å²) in [6, 6.07) is 4.93. The van der Waals surface area contributed by atoms with Crippen LogP contribution in [0.15, 0.2) is 23.6 Å². The predicted molar refractivity (Wildman–Crippen MR) is 48.3 cm³/mol. The Morgan fingerprint density at radius 3 is 2.92 bits per heavy atom. The van der Waals surface area contributed by atoms with Gasteiger partial charge in [0.1, 0.15) is 11.6 Å². The highest BCUT2D eigenvalue weighted by molar-refractivity contribution is 7.17. The maximum atomic E-state index is 13.1. The Morgan fingerprint density at radius 2 is 2.17 bits per heavy atom. The minimum Gasteiger partial charge on any atom is -0.496 e. The molecule has 0 aliphatic heterocycles. The van der Waals surface area contributed by atoms with Gasteiger partial charge in [-0.2, -0.15) is 0 Å². The van der Waals surface area contributed by atoms with Gasteiger partial charge in [0, 0.05) is 5.39 Å². The monoisotopic (exact) mass is 182 g/mol. The molecular formula is C9H7FOS. The van der Waals surface area contributed by atoms with Crippen LogP contribution >= 0.6 is 11.3 Å². The molecule has 0 atom stereocenters. The fourth-order valence-electron chi connectivity index (χ4n) is 1.18. The molecule has 0 saturated heterocycles. The molecule has 0 fully saturated rings. The van der Waals surface area contributed by atoms with Crippen molar-refractivity contribution in [3.8, 4) is 5.75 Å². The van der Waals surface area contributed by atoms with Gasteiger partial charge in [0.05, 0.1) is 11.8 Å². The smallest absolute Gasteiger partial charge is 0.141 e. The van der Waals surface area contributed by atoms with Crippen LogP contribution in [0.3, 0.4) is 0 Å². The largest absolute Gasteiger partial charge is 0.496 e. The van der Waals surface area contributed by atoms with Crippen LogP contribution in [0.2, 0.25) is 0 Å². The summed E-state index contributed by atoms with van der Waals surface area (Å²) >= 11 is 1.39. The number of benzene rings is 1. The van der Waals surface area contributed by atoms with Gasteiger partial charge in [0.15, 0.2) is 0 Å². The van der Waals surface area contributed by atoms with Crippen molar-refractivity contribution >= 4 is 21.4 Å². The molecule has 0 unspecified atom stereocenters. The Labute approximate surface area is 73.4 Å². The predicted octanol–water partition coefficient (Wildman–Crippen LogP) is 3.05. The number of fused-ring (bicyclic) bond motifs is 1. The fraction of sp³-hybridized carbons (Fsp3) is 0.111. The van der Waals surface area contributed by atoms with E-state index in [1.54, 1.807) is 13.2 Å². The molecule has 1 aromatic carbocycles. The SMILES string of the molecule is COc1ccc(F)c2sccc12. The van der Waals surface area contributed by atoms with Crippen molar-refractivity contribution in [3.05, 3.63) is 29.4 Å². The van der Waals surface area contributed by atoms with Gasteiger partial charge < -0.3 is 4.74 Å². The summed E-state index contributed by atoms with van der Waals surface area (Å²) in [7, 11) is 1.59. The van der Waals surface area contributed by atoms with Crippen LogP contribution in [0, 0.1) is 5.82 Å². The zero-order chi connectivity index (χ0) is 8.55. The first kappa shape index (κ1) is 7.55. The maximum Gasteiger partial charge on any atom is 0.141 e. The molecule has 0 spiro atoms. The first-order valence-electron chi connectivity index (χ1n) is 3.52. The molecule has 0 bridgehead atoms. The number of hydrogen-bond donors (Lipinski definition) is 0. The van der Waals surface area contributed by atoms with Crippen LogP contribution in [0.4, 0.5) is 4.39 Å². The van der Waals surface area contributed by atoms with Gasteiger partial charge >= 0.3 is 0 Å². The van der Waals surface area contributed by atoms with Crippen LogP contribution in [-0.4, -0.2) is 7.11 Å². The highest BCUT2D eigenvalue weighted by Gasteiger charge is 2.06. The summed E-state index contributed by atoms with van der Waals surface area (Å²) < 4.78 is 18.8. The lowest BCUT2D eigenvalue weighted by molar-refractivity contribution is 0.419. The van der Waals surface area contributed by atoms with Crippen molar-refractivity contribution < 1.29 is 9.13 Å². The second kappa shape index (κ2) is 2.75. The van der Waals surface area contributed by atoms with E-state index < -0.39 is 0 Å². The molecular weight excluding hydrogens is 175 g/mol. The maximum absolute atomic E-state index is 13.1. The van der Waals surface area contributed by atoms with Gasteiger partial charge in [0.2, 0.25) is 0 Å². The van der Waals surface area contributed by atoms with Gasteiger partial charge in [-0.3, -0.25) is 0 Å². The summed E-state index contributed by atoms with van der Waals surface area (Å²) in [5.74, 6) is 0.549. The average Bonchev–Trinajstić information content (AvgIpc) is 2.54. The van der Waals surface area contributed by atoms with E-state index in [0.717, 1.165) is 11.1 Å². The minimum atomic E-state index is -0.180. The molecule has 0 aliphatic rings. The third-order valence-corrected chi connectivity index (χ3v) is 2.67. The van der Waals surface area contributed by atoms with E-state index in [1.807, 2.05) is 11.4 Å². The molecule has 1 nitrogen and oxygen atoms in total.